The summed E-state index contributed by atoms with van der Waals surface area (Å²) in [6.45, 7) is 0. The molecule has 0 saturated heterocycles. The van der Waals surface area contributed by atoms with Crippen LogP contribution in [0.4, 0.5) is 17.1 Å². The van der Waals surface area contributed by atoms with Crippen molar-refractivity contribution in [2.24, 2.45) is 0 Å². The van der Waals surface area contributed by atoms with Crippen LogP contribution in [-0.4, -0.2) is 4.98 Å². The van der Waals surface area contributed by atoms with Gasteiger partial charge in [0.05, 0.1) is 22.8 Å². The fourth-order valence-electron chi connectivity index (χ4n) is 6.66. The predicted octanol–water partition coefficient (Wildman–Crippen LogP) is 11.9. The van der Waals surface area contributed by atoms with E-state index in [-0.39, 0.29) is 0 Å². The third-order valence-electron chi connectivity index (χ3n) is 8.82. The molecule has 1 aliphatic heterocycles. The Labute approximate surface area is 267 Å². The minimum absolute atomic E-state index is 0.900. The number of aromatic nitrogens is 1. The molecule has 216 valence electrons. The van der Waals surface area contributed by atoms with Crippen molar-refractivity contribution >= 4 is 28.0 Å². The first-order valence-electron chi connectivity index (χ1n) is 15.6. The van der Waals surface area contributed by atoms with Gasteiger partial charge in [-0.3, -0.25) is 0 Å². The first-order chi connectivity index (χ1) is 22.8. The zero-order valence-electron chi connectivity index (χ0n) is 25.0. The molecule has 0 spiro atoms. The Morgan fingerprint density at radius 3 is 1.65 bits per heavy atom. The number of nitrogens with zero attached hydrogens (tertiary/aromatic N) is 2. The summed E-state index contributed by atoms with van der Waals surface area (Å²) < 4.78 is 6.58. The second-order valence-electron chi connectivity index (χ2n) is 11.6. The number of hydrogen-bond acceptors (Lipinski definition) is 3. The molecule has 0 N–H and O–H groups in total. The van der Waals surface area contributed by atoms with Crippen molar-refractivity contribution < 1.29 is 4.42 Å². The van der Waals surface area contributed by atoms with Gasteiger partial charge in [0.15, 0.2) is 0 Å². The molecular weight excluding hydrogens is 560 g/mol. The zero-order chi connectivity index (χ0) is 30.5. The quantitative estimate of drug-likeness (QED) is 0.205. The third kappa shape index (κ3) is 4.33. The molecule has 0 fully saturated rings. The maximum Gasteiger partial charge on any atom is 0.145 e. The molecular formula is C43H28N2O. The molecule has 0 amide bonds. The normalized spacial score (nSPS) is 11.9. The predicted molar refractivity (Wildman–Crippen MR) is 189 cm³/mol. The van der Waals surface area contributed by atoms with Gasteiger partial charge in [0, 0.05) is 38.9 Å². The van der Waals surface area contributed by atoms with Crippen LogP contribution in [0.25, 0.3) is 67.1 Å². The second-order valence-corrected chi connectivity index (χ2v) is 11.6. The maximum absolute atomic E-state index is 6.58. The summed E-state index contributed by atoms with van der Waals surface area (Å²) in [5, 5.41) is 1.12. The van der Waals surface area contributed by atoms with Gasteiger partial charge in [0.1, 0.15) is 11.3 Å². The SMILES string of the molecule is c1ccc(-c2cc(-c3ccc(N4c5ccccc5-c5oc6ccccc6c5-c5ccccc54)cc3)cc(-c3ccccc3)n2)cc1. The summed E-state index contributed by atoms with van der Waals surface area (Å²) in [5.41, 5.74) is 13.9. The van der Waals surface area contributed by atoms with Gasteiger partial charge in [0.25, 0.3) is 0 Å². The summed E-state index contributed by atoms with van der Waals surface area (Å²) in [4.78, 5) is 7.43. The lowest BCUT2D eigenvalue weighted by molar-refractivity contribution is 0.633. The largest absolute Gasteiger partial charge is 0.455 e. The summed E-state index contributed by atoms with van der Waals surface area (Å²) in [5.74, 6) is 0.905. The van der Waals surface area contributed by atoms with Crippen molar-refractivity contribution in [2.45, 2.75) is 0 Å². The number of pyridine rings is 1. The highest BCUT2D eigenvalue weighted by Crippen LogP contribution is 2.53. The number of benzene rings is 6. The van der Waals surface area contributed by atoms with Gasteiger partial charge < -0.3 is 9.32 Å². The average Bonchev–Trinajstić information content (AvgIpc) is 3.47. The van der Waals surface area contributed by atoms with Crippen molar-refractivity contribution in [1.29, 1.82) is 0 Å². The van der Waals surface area contributed by atoms with E-state index in [0.717, 1.165) is 84.1 Å². The van der Waals surface area contributed by atoms with Crippen molar-refractivity contribution in [3.05, 3.63) is 170 Å². The highest BCUT2D eigenvalue weighted by molar-refractivity contribution is 6.10. The molecule has 3 nitrogen and oxygen atoms in total. The van der Waals surface area contributed by atoms with E-state index in [0.29, 0.717) is 0 Å². The van der Waals surface area contributed by atoms with Gasteiger partial charge in [-0.2, -0.15) is 0 Å². The monoisotopic (exact) mass is 588 g/mol. The van der Waals surface area contributed by atoms with E-state index in [2.05, 4.69) is 157 Å². The Morgan fingerprint density at radius 1 is 0.435 bits per heavy atom. The van der Waals surface area contributed by atoms with E-state index in [1.807, 2.05) is 18.2 Å². The van der Waals surface area contributed by atoms with Gasteiger partial charge in [-0.05, 0) is 59.7 Å². The maximum atomic E-state index is 6.58. The Balaban J connectivity index is 1.19. The lowest BCUT2D eigenvalue weighted by atomic mass is 9.98. The molecule has 0 aliphatic carbocycles. The van der Waals surface area contributed by atoms with Crippen LogP contribution in [0.1, 0.15) is 0 Å². The minimum Gasteiger partial charge on any atom is -0.455 e. The summed E-state index contributed by atoms with van der Waals surface area (Å²) >= 11 is 0. The summed E-state index contributed by atoms with van der Waals surface area (Å²) in [7, 11) is 0. The van der Waals surface area contributed by atoms with E-state index in [9.17, 15) is 0 Å². The van der Waals surface area contributed by atoms with Crippen LogP contribution in [0.3, 0.4) is 0 Å². The Kier molecular flexibility index (Phi) is 6.14. The molecule has 0 radical (unpaired) electrons. The number of para-hydroxylation sites is 3. The van der Waals surface area contributed by atoms with Crippen LogP contribution >= 0.6 is 0 Å². The van der Waals surface area contributed by atoms with E-state index >= 15 is 0 Å². The smallest absolute Gasteiger partial charge is 0.145 e. The first-order valence-corrected chi connectivity index (χ1v) is 15.6. The molecule has 1 aliphatic rings. The van der Waals surface area contributed by atoms with Crippen LogP contribution < -0.4 is 4.90 Å². The van der Waals surface area contributed by atoms with Gasteiger partial charge in [-0.15, -0.1) is 0 Å². The summed E-state index contributed by atoms with van der Waals surface area (Å²) in [6.07, 6.45) is 0. The Hall–Kier alpha value is -6.19. The molecule has 2 aromatic heterocycles. The zero-order valence-corrected chi connectivity index (χ0v) is 25.0. The Morgan fingerprint density at radius 2 is 0.978 bits per heavy atom. The standard InChI is InChI=1S/C43H28N2O/c1-3-13-30(14-4-1)37-27-32(28-38(44-37)31-15-5-2-6-16-31)29-23-25-33(26-24-29)45-39-20-10-7-17-34(39)42-36-19-9-12-22-41(36)46-43(42)35-18-8-11-21-40(35)45/h1-28H. The van der Waals surface area contributed by atoms with Crippen molar-refractivity contribution in [3.8, 4) is 56.1 Å². The van der Waals surface area contributed by atoms with Gasteiger partial charge >= 0.3 is 0 Å². The number of fused-ring (bicyclic) bond motifs is 7. The number of hydrogen-bond donors (Lipinski definition) is 0. The van der Waals surface area contributed by atoms with E-state index in [1.165, 1.54) is 0 Å². The van der Waals surface area contributed by atoms with Crippen molar-refractivity contribution in [1.82, 2.24) is 4.98 Å². The summed E-state index contributed by atoms with van der Waals surface area (Å²) in [6, 6.07) is 59.6. The van der Waals surface area contributed by atoms with Crippen molar-refractivity contribution in [2.75, 3.05) is 4.90 Å². The number of rotatable bonds is 4. The van der Waals surface area contributed by atoms with Gasteiger partial charge in [0.2, 0.25) is 0 Å². The molecule has 0 saturated carbocycles. The molecule has 8 aromatic rings. The van der Waals surface area contributed by atoms with Gasteiger partial charge in [-0.25, -0.2) is 4.98 Å². The molecule has 0 atom stereocenters. The fraction of sp³-hybridized carbons (Fsp3) is 0. The van der Waals surface area contributed by atoms with E-state index in [1.54, 1.807) is 0 Å². The molecule has 46 heavy (non-hydrogen) atoms. The van der Waals surface area contributed by atoms with Crippen LogP contribution in [0.5, 0.6) is 0 Å². The van der Waals surface area contributed by atoms with Crippen LogP contribution in [-0.2, 0) is 0 Å². The van der Waals surface area contributed by atoms with Crippen LogP contribution in [0.15, 0.2) is 174 Å². The Bertz CT molecular complexity index is 2300. The topological polar surface area (TPSA) is 29.3 Å². The molecule has 0 bridgehead atoms. The highest BCUT2D eigenvalue weighted by Gasteiger charge is 2.29. The molecule has 0 unspecified atom stereocenters. The number of furan rings is 1. The van der Waals surface area contributed by atoms with Crippen LogP contribution in [0, 0.1) is 0 Å². The van der Waals surface area contributed by atoms with E-state index in [4.69, 9.17) is 9.40 Å². The third-order valence-corrected chi connectivity index (χ3v) is 8.82. The molecule has 3 heteroatoms. The van der Waals surface area contributed by atoms with Gasteiger partial charge in [-0.1, -0.05) is 121 Å². The fourth-order valence-corrected chi connectivity index (χ4v) is 6.66. The van der Waals surface area contributed by atoms with Crippen LogP contribution in [0.2, 0.25) is 0 Å². The first kappa shape index (κ1) is 26.2. The average molecular weight is 589 g/mol. The lowest BCUT2D eigenvalue weighted by Gasteiger charge is -2.27. The molecule has 9 rings (SSSR count). The van der Waals surface area contributed by atoms with Crippen molar-refractivity contribution in [3.63, 3.8) is 0 Å². The minimum atomic E-state index is 0.900. The lowest BCUT2D eigenvalue weighted by Crippen LogP contribution is -2.10. The highest BCUT2D eigenvalue weighted by atomic mass is 16.3. The number of anilines is 3. The van der Waals surface area contributed by atoms with E-state index < -0.39 is 0 Å². The second kappa shape index (κ2) is 10.8. The molecule has 3 heterocycles. The molecule has 6 aromatic carbocycles.